The number of benzene rings is 2. The maximum atomic E-state index is 14.1. The van der Waals surface area contributed by atoms with Crippen LogP contribution in [-0.4, -0.2) is 41.2 Å². The molecule has 3 heterocycles. The summed E-state index contributed by atoms with van der Waals surface area (Å²) in [5.74, 6) is 0.00700. The molecule has 4 aromatic rings. The monoisotopic (exact) mass is 534 g/mol. The standard InChI is InChI=1S/C28H30N4O3S2/c1-19(2)23-9-6-11-25-26(23)30-28(36-25)31(18-21-8-4-5-16-29-21)27(33)24-10-7-17-32(24)37(34,35)22-14-12-20(3)13-15-22/h4-6,8-9,11-16,19,24H,7,10,17-18H2,1-3H3. The summed E-state index contributed by atoms with van der Waals surface area (Å²) in [5, 5.41) is 0.554. The van der Waals surface area contributed by atoms with Gasteiger partial charge in [0.05, 0.1) is 27.4 Å². The summed E-state index contributed by atoms with van der Waals surface area (Å²) in [4.78, 5) is 25.3. The highest BCUT2D eigenvalue weighted by molar-refractivity contribution is 7.89. The molecule has 1 aliphatic heterocycles. The van der Waals surface area contributed by atoms with Crippen molar-refractivity contribution in [2.75, 3.05) is 11.4 Å². The van der Waals surface area contributed by atoms with Gasteiger partial charge in [0.1, 0.15) is 6.04 Å². The van der Waals surface area contributed by atoms with Crippen molar-refractivity contribution in [3.63, 3.8) is 0 Å². The van der Waals surface area contributed by atoms with E-state index in [0.717, 1.165) is 21.3 Å². The Morgan fingerprint density at radius 1 is 1.11 bits per heavy atom. The van der Waals surface area contributed by atoms with E-state index in [1.807, 2.05) is 37.3 Å². The van der Waals surface area contributed by atoms with E-state index in [4.69, 9.17) is 4.98 Å². The summed E-state index contributed by atoms with van der Waals surface area (Å²) in [6.07, 6.45) is 2.78. The maximum Gasteiger partial charge on any atom is 0.247 e. The van der Waals surface area contributed by atoms with E-state index in [9.17, 15) is 13.2 Å². The fourth-order valence-electron chi connectivity index (χ4n) is 4.73. The smallest absolute Gasteiger partial charge is 0.247 e. The predicted octanol–water partition coefficient (Wildman–Crippen LogP) is 5.51. The number of nitrogens with zero attached hydrogens (tertiary/aromatic N) is 4. The summed E-state index contributed by atoms with van der Waals surface area (Å²) in [7, 11) is -3.83. The first-order valence-electron chi connectivity index (χ1n) is 12.4. The zero-order valence-corrected chi connectivity index (χ0v) is 22.8. The van der Waals surface area contributed by atoms with Gasteiger partial charge in [-0.25, -0.2) is 13.4 Å². The molecule has 1 saturated heterocycles. The van der Waals surface area contributed by atoms with E-state index in [1.165, 1.54) is 15.6 Å². The van der Waals surface area contributed by atoms with Crippen LogP contribution in [0.4, 0.5) is 5.13 Å². The minimum absolute atomic E-state index is 0.204. The lowest BCUT2D eigenvalue weighted by Gasteiger charge is -2.28. The van der Waals surface area contributed by atoms with Crippen LogP contribution >= 0.6 is 11.3 Å². The van der Waals surface area contributed by atoms with Gasteiger partial charge in [0.15, 0.2) is 5.13 Å². The second kappa shape index (κ2) is 10.3. The molecule has 5 rings (SSSR count). The van der Waals surface area contributed by atoms with Gasteiger partial charge in [0.25, 0.3) is 0 Å². The number of amides is 1. The van der Waals surface area contributed by atoms with Crippen LogP contribution in [0, 0.1) is 6.92 Å². The van der Waals surface area contributed by atoms with Crippen molar-refractivity contribution in [1.82, 2.24) is 14.3 Å². The zero-order chi connectivity index (χ0) is 26.2. The molecule has 1 unspecified atom stereocenters. The molecule has 192 valence electrons. The molecular weight excluding hydrogens is 504 g/mol. The largest absolute Gasteiger partial charge is 0.281 e. The second-order valence-corrected chi connectivity index (χ2v) is 12.6. The Morgan fingerprint density at radius 3 is 2.59 bits per heavy atom. The van der Waals surface area contributed by atoms with Gasteiger partial charge in [0.2, 0.25) is 15.9 Å². The topological polar surface area (TPSA) is 83.5 Å². The number of carbonyl (C=O) groups excluding carboxylic acids is 1. The number of aromatic nitrogens is 2. The third-order valence-electron chi connectivity index (χ3n) is 6.72. The Hall–Kier alpha value is -3.14. The van der Waals surface area contributed by atoms with Gasteiger partial charge in [-0.05, 0) is 61.6 Å². The van der Waals surface area contributed by atoms with Crippen LogP contribution in [0.5, 0.6) is 0 Å². The fraction of sp³-hybridized carbons (Fsp3) is 0.321. The van der Waals surface area contributed by atoms with Crippen molar-refractivity contribution in [3.05, 3.63) is 83.7 Å². The number of sulfonamides is 1. The molecule has 0 aliphatic carbocycles. The SMILES string of the molecule is Cc1ccc(S(=O)(=O)N2CCCC2C(=O)N(Cc2ccccn2)c2nc3c(C(C)C)cccc3s2)cc1. The van der Waals surface area contributed by atoms with Crippen molar-refractivity contribution in [1.29, 1.82) is 0 Å². The highest BCUT2D eigenvalue weighted by atomic mass is 32.2. The molecule has 1 fully saturated rings. The van der Waals surface area contributed by atoms with Crippen molar-refractivity contribution >= 4 is 42.6 Å². The van der Waals surface area contributed by atoms with E-state index >= 15 is 0 Å². The van der Waals surface area contributed by atoms with Gasteiger partial charge in [0, 0.05) is 12.7 Å². The molecule has 1 atom stereocenters. The molecule has 2 aromatic carbocycles. The fourth-order valence-corrected chi connectivity index (χ4v) is 7.39. The van der Waals surface area contributed by atoms with Crippen LogP contribution < -0.4 is 4.90 Å². The lowest BCUT2D eigenvalue weighted by atomic mass is 10.0. The predicted molar refractivity (Wildman–Crippen MR) is 147 cm³/mol. The highest BCUT2D eigenvalue weighted by Crippen LogP contribution is 2.36. The van der Waals surface area contributed by atoms with Gasteiger partial charge in [-0.1, -0.05) is 61.1 Å². The average Bonchev–Trinajstić information content (AvgIpc) is 3.55. The molecule has 1 amide bonds. The molecule has 2 aromatic heterocycles. The normalized spacial score (nSPS) is 16.5. The number of fused-ring (bicyclic) bond motifs is 1. The van der Waals surface area contributed by atoms with Gasteiger partial charge in [-0.2, -0.15) is 4.31 Å². The number of aryl methyl sites for hydroxylation is 1. The number of para-hydroxylation sites is 1. The summed E-state index contributed by atoms with van der Waals surface area (Å²) >= 11 is 1.45. The third-order valence-corrected chi connectivity index (χ3v) is 9.69. The quantitative estimate of drug-likeness (QED) is 0.312. The molecule has 0 bridgehead atoms. The maximum absolute atomic E-state index is 14.1. The Labute approximate surface area is 221 Å². The van der Waals surface area contributed by atoms with Crippen LogP contribution in [0.25, 0.3) is 10.2 Å². The lowest BCUT2D eigenvalue weighted by Crippen LogP contribution is -2.47. The number of anilines is 1. The third kappa shape index (κ3) is 5.03. The molecule has 0 saturated carbocycles. The van der Waals surface area contributed by atoms with Gasteiger partial charge in [-0.3, -0.25) is 14.7 Å². The van der Waals surface area contributed by atoms with Crippen molar-refractivity contribution in [2.45, 2.75) is 57.0 Å². The van der Waals surface area contributed by atoms with E-state index in [-0.39, 0.29) is 23.3 Å². The summed E-state index contributed by atoms with van der Waals surface area (Å²) in [6.45, 7) is 6.68. The number of hydrogen-bond acceptors (Lipinski definition) is 6. The first kappa shape index (κ1) is 25.5. The minimum Gasteiger partial charge on any atom is -0.281 e. The number of hydrogen-bond donors (Lipinski definition) is 0. The van der Waals surface area contributed by atoms with Gasteiger partial charge < -0.3 is 0 Å². The molecule has 0 N–H and O–H groups in total. The van der Waals surface area contributed by atoms with Crippen molar-refractivity contribution in [3.8, 4) is 0 Å². The molecule has 7 nitrogen and oxygen atoms in total. The second-order valence-electron chi connectivity index (χ2n) is 9.68. The number of thiazole rings is 1. The van der Waals surface area contributed by atoms with Crippen molar-refractivity contribution < 1.29 is 13.2 Å². The number of carbonyl (C=O) groups is 1. The zero-order valence-electron chi connectivity index (χ0n) is 21.2. The summed E-state index contributed by atoms with van der Waals surface area (Å²) in [5.41, 5.74) is 3.69. The highest BCUT2D eigenvalue weighted by Gasteiger charge is 2.42. The average molecular weight is 535 g/mol. The first-order chi connectivity index (χ1) is 17.8. The Kier molecular flexibility index (Phi) is 7.11. The molecule has 9 heteroatoms. The lowest BCUT2D eigenvalue weighted by molar-refractivity contribution is -0.121. The van der Waals surface area contributed by atoms with E-state index in [2.05, 4.69) is 24.9 Å². The van der Waals surface area contributed by atoms with Crippen LogP contribution in [0.1, 0.15) is 49.4 Å². The van der Waals surface area contributed by atoms with Crippen LogP contribution in [0.15, 0.2) is 71.8 Å². The van der Waals surface area contributed by atoms with Gasteiger partial charge in [-0.15, -0.1) is 0 Å². The van der Waals surface area contributed by atoms with E-state index in [1.54, 1.807) is 35.4 Å². The van der Waals surface area contributed by atoms with Crippen LogP contribution in [-0.2, 0) is 21.4 Å². The van der Waals surface area contributed by atoms with E-state index in [0.29, 0.717) is 30.2 Å². The number of rotatable bonds is 7. The summed E-state index contributed by atoms with van der Waals surface area (Å²) < 4.78 is 29.5. The van der Waals surface area contributed by atoms with Gasteiger partial charge >= 0.3 is 0 Å². The van der Waals surface area contributed by atoms with E-state index < -0.39 is 16.1 Å². The number of pyridine rings is 1. The molecular formula is C28H30N4O3S2. The Balaban J connectivity index is 1.54. The van der Waals surface area contributed by atoms with Crippen molar-refractivity contribution in [2.24, 2.45) is 0 Å². The summed E-state index contributed by atoms with van der Waals surface area (Å²) in [6, 6.07) is 17.6. The first-order valence-corrected chi connectivity index (χ1v) is 14.7. The Bertz CT molecular complexity index is 1520. The van der Waals surface area contributed by atoms with Crippen LogP contribution in [0.3, 0.4) is 0 Å². The molecule has 0 radical (unpaired) electrons. The minimum atomic E-state index is -3.83. The molecule has 37 heavy (non-hydrogen) atoms. The Morgan fingerprint density at radius 2 is 1.89 bits per heavy atom. The molecule has 1 aliphatic rings. The van der Waals surface area contributed by atoms with Crippen LogP contribution in [0.2, 0.25) is 0 Å². The molecule has 0 spiro atoms.